The van der Waals surface area contributed by atoms with E-state index < -0.39 is 48.1 Å². The van der Waals surface area contributed by atoms with Crippen LogP contribution in [0.4, 0.5) is 26.3 Å². The maximum absolute atomic E-state index is 13.0. The van der Waals surface area contributed by atoms with Crippen molar-refractivity contribution in [3.63, 3.8) is 0 Å². The third-order valence-corrected chi connectivity index (χ3v) is 5.34. The average Bonchev–Trinajstić information content (AvgIpc) is 3.07. The van der Waals surface area contributed by atoms with E-state index in [1.807, 2.05) is 0 Å². The highest BCUT2D eigenvalue weighted by atomic mass is 19.4. The number of benzene rings is 1. The number of nitrogens with zero attached hydrogens (tertiary/aromatic N) is 1. The van der Waals surface area contributed by atoms with Gasteiger partial charge in [-0.3, -0.25) is 9.59 Å². The summed E-state index contributed by atoms with van der Waals surface area (Å²) in [6, 6.07) is 1.02. The number of alkyl halides is 6. The Morgan fingerprint density at radius 1 is 1.07 bits per heavy atom. The van der Waals surface area contributed by atoms with E-state index in [0.29, 0.717) is 25.0 Å². The molecule has 2 saturated heterocycles. The fraction of sp³-hybridized carbons (Fsp3) is 0.579. The van der Waals surface area contributed by atoms with Crippen LogP contribution in [0.15, 0.2) is 18.2 Å². The van der Waals surface area contributed by atoms with Gasteiger partial charge in [-0.2, -0.15) is 26.3 Å². The Labute approximate surface area is 167 Å². The second-order valence-electron chi connectivity index (χ2n) is 7.44. The summed E-state index contributed by atoms with van der Waals surface area (Å²) in [6.07, 6.45) is -9.71. The van der Waals surface area contributed by atoms with E-state index in [2.05, 4.69) is 4.74 Å². The van der Waals surface area contributed by atoms with Crippen LogP contribution in [0.2, 0.25) is 0 Å². The van der Waals surface area contributed by atoms with Crippen molar-refractivity contribution >= 4 is 11.9 Å². The largest absolute Gasteiger partial charge is 0.469 e. The van der Waals surface area contributed by atoms with Gasteiger partial charge < -0.3 is 14.4 Å². The molecule has 2 aliphatic heterocycles. The standard InChI is InChI=1S/C19H19F6NO4/c1-29-17(28)11-4-14-7-15(8-26(14)16(27)5-11)30-9-10-2-12(18(20,21)22)6-13(3-10)19(23,24)25/h2-3,6,11,14-15H,4-5,7-9H2,1H3. The summed E-state index contributed by atoms with van der Waals surface area (Å²) in [5.41, 5.74) is -3.08. The lowest BCUT2D eigenvalue weighted by Crippen LogP contribution is -2.44. The van der Waals surface area contributed by atoms with Gasteiger partial charge in [-0.1, -0.05) is 0 Å². The molecule has 0 N–H and O–H groups in total. The number of carbonyl (C=O) groups is 2. The summed E-state index contributed by atoms with van der Waals surface area (Å²) in [4.78, 5) is 25.5. The number of hydrogen-bond acceptors (Lipinski definition) is 4. The van der Waals surface area contributed by atoms with E-state index in [9.17, 15) is 35.9 Å². The first-order valence-electron chi connectivity index (χ1n) is 9.15. The molecule has 0 aromatic heterocycles. The van der Waals surface area contributed by atoms with Crippen LogP contribution in [-0.4, -0.2) is 42.6 Å². The molecule has 11 heteroatoms. The van der Waals surface area contributed by atoms with Gasteiger partial charge in [0.1, 0.15) is 0 Å². The summed E-state index contributed by atoms with van der Waals surface area (Å²) in [6.45, 7) is -0.296. The maximum atomic E-state index is 13.0. The molecule has 0 saturated carbocycles. The predicted molar refractivity (Wildman–Crippen MR) is 89.9 cm³/mol. The van der Waals surface area contributed by atoms with Crippen molar-refractivity contribution in [1.82, 2.24) is 4.90 Å². The Hall–Kier alpha value is -2.30. The fourth-order valence-electron chi connectivity index (χ4n) is 3.93. The molecular formula is C19H19F6NO4. The molecule has 0 spiro atoms. The van der Waals surface area contributed by atoms with Gasteiger partial charge in [0, 0.05) is 19.0 Å². The second kappa shape index (κ2) is 8.09. The predicted octanol–water partition coefficient (Wildman–Crippen LogP) is 3.79. The van der Waals surface area contributed by atoms with Crippen LogP contribution in [0.3, 0.4) is 0 Å². The van der Waals surface area contributed by atoms with Gasteiger partial charge in [-0.25, -0.2) is 0 Å². The first-order chi connectivity index (χ1) is 13.9. The molecule has 30 heavy (non-hydrogen) atoms. The minimum atomic E-state index is -4.93. The van der Waals surface area contributed by atoms with Crippen molar-refractivity contribution < 1.29 is 45.4 Å². The Kier molecular flexibility index (Phi) is 6.03. The number of fused-ring (bicyclic) bond motifs is 1. The van der Waals surface area contributed by atoms with Crippen molar-refractivity contribution in [3.8, 4) is 0 Å². The molecule has 0 radical (unpaired) electrons. The molecule has 2 aliphatic rings. The highest BCUT2D eigenvalue weighted by molar-refractivity contribution is 5.85. The van der Waals surface area contributed by atoms with Gasteiger partial charge in [0.05, 0.1) is 36.9 Å². The normalized spacial score (nSPS) is 24.7. The first kappa shape index (κ1) is 22.4. The third-order valence-electron chi connectivity index (χ3n) is 5.34. The van der Waals surface area contributed by atoms with Gasteiger partial charge in [0.15, 0.2) is 0 Å². The zero-order chi connectivity index (χ0) is 22.3. The molecule has 2 heterocycles. The number of halogens is 6. The van der Waals surface area contributed by atoms with Crippen molar-refractivity contribution in [2.75, 3.05) is 13.7 Å². The molecule has 3 atom stereocenters. The highest BCUT2D eigenvalue weighted by Crippen LogP contribution is 2.37. The zero-order valence-electron chi connectivity index (χ0n) is 15.8. The van der Waals surface area contributed by atoms with Crippen LogP contribution in [-0.2, 0) is 38.0 Å². The molecule has 1 amide bonds. The number of amides is 1. The molecule has 1 aromatic rings. The SMILES string of the molecule is COC(=O)C1CC(=O)N2CC(OCc3cc(C(F)(F)F)cc(C(F)(F)F)c3)CC2C1. The van der Waals surface area contributed by atoms with E-state index in [1.165, 1.54) is 12.0 Å². The fourth-order valence-corrected chi connectivity index (χ4v) is 3.93. The number of ether oxygens (including phenoxy) is 2. The Balaban J connectivity index is 1.69. The number of piperidine rings is 1. The van der Waals surface area contributed by atoms with E-state index >= 15 is 0 Å². The average molecular weight is 439 g/mol. The Morgan fingerprint density at radius 2 is 1.67 bits per heavy atom. The molecule has 0 aliphatic carbocycles. The molecule has 2 fully saturated rings. The van der Waals surface area contributed by atoms with Crippen molar-refractivity contribution in [1.29, 1.82) is 0 Å². The van der Waals surface area contributed by atoms with Crippen LogP contribution in [0, 0.1) is 5.92 Å². The van der Waals surface area contributed by atoms with Crippen molar-refractivity contribution in [2.24, 2.45) is 5.92 Å². The van der Waals surface area contributed by atoms with Crippen LogP contribution in [0.5, 0.6) is 0 Å². The summed E-state index contributed by atoms with van der Waals surface area (Å²) in [5.74, 6) is -1.32. The molecule has 3 unspecified atom stereocenters. The molecular weight excluding hydrogens is 420 g/mol. The van der Waals surface area contributed by atoms with E-state index in [-0.39, 0.29) is 36.5 Å². The number of carbonyl (C=O) groups excluding carboxylic acids is 2. The van der Waals surface area contributed by atoms with Crippen LogP contribution < -0.4 is 0 Å². The number of esters is 1. The van der Waals surface area contributed by atoms with Crippen LogP contribution >= 0.6 is 0 Å². The third kappa shape index (κ3) is 4.88. The second-order valence-corrected chi connectivity index (χ2v) is 7.44. The quantitative estimate of drug-likeness (QED) is 0.529. The minimum absolute atomic E-state index is 0.00152. The Bertz CT molecular complexity index is 790. The zero-order valence-corrected chi connectivity index (χ0v) is 15.8. The molecule has 0 bridgehead atoms. The summed E-state index contributed by atoms with van der Waals surface area (Å²) >= 11 is 0. The first-order valence-corrected chi connectivity index (χ1v) is 9.15. The number of methoxy groups -OCH3 is 1. The van der Waals surface area contributed by atoms with Crippen molar-refractivity contribution in [2.45, 2.75) is 50.4 Å². The number of hydrogen-bond donors (Lipinski definition) is 0. The van der Waals surface area contributed by atoms with Gasteiger partial charge in [-0.05, 0) is 36.6 Å². The molecule has 166 valence electrons. The van der Waals surface area contributed by atoms with Crippen LogP contribution in [0.1, 0.15) is 36.0 Å². The summed E-state index contributed by atoms with van der Waals surface area (Å²) in [5, 5.41) is 0. The minimum Gasteiger partial charge on any atom is -0.469 e. The summed E-state index contributed by atoms with van der Waals surface area (Å²) in [7, 11) is 1.23. The molecule has 3 rings (SSSR count). The number of rotatable bonds is 4. The van der Waals surface area contributed by atoms with Gasteiger partial charge in [0.25, 0.3) is 0 Å². The topological polar surface area (TPSA) is 55.8 Å². The van der Waals surface area contributed by atoms with Crippen LogP contribution in [0.25, 0.3) is 0 Å². The van der Waals surface area contributed by atoms with E-state index in [1.54, 1.807) is 0 Å². The molecule has 5 nitrogen and oxygen atoms in total. The maximum Gasteiger partial charge on any atom is 0.416 e. The lowest BCUT2D eigenvalue weighted by molar-refractivity contribution is -0.153. The lowest BCUT2D eigenvalue weighted by Gasteiger charge is -2.32. The monoisotopic (exact) mass is 439 g/mol. The van der Waals surface area contributed by atoms with E-state index in [0.717, 1.165) is 0 Å². The van der Waals surface area contributed by atoms with Gasteiger partial charge in [0.2, 0.25) is 5.91 Å². The van der Waals surface area contributed by atoms with Gasteiger partial charge in [-0.15, -0.1) is 0 Å². The lowest BCUT2D eigenvalue weighted by atomic mass is 9.90. The van der Waals surface area contributed by atoms with Crippen molar-refractivity contribution in [3.05, 3.63) is 34.9 Å². The van der Waals surface area contributed by atoms with E-state index in [4.69, 9.17) is 4.74 Å². The highest BCUT2D eigenvalue weighted by Gasteiger charge is 2.44. The smallest absolute Gasteiger partial charge is 0.416 e. The summed E-state index contributed by atoms with van der Waals surface area (Å²) < 4.78 is 88.0. The molecule has 1 aromatic carbocycles. The van der Waals surface area contributed by atoms with Gasteiger partial charge >= 0.3 is 18.3 Å². The Morgan fingerprint density at radius 3 is 2.20 bits per heavy atom.